The number of unbranched alkanes of at least 4 members (excludes halogenated alkanes) is 10. The summed E-state index contributed by atoms with van der Waals surface area (Å²) in [6.07, 6.45) is 4.86. The Morgan fingerprint density at radius 2 is 1.12 bits per heavy atom. The summed E-state index contributed by atoms with van der Waals surface area (Å²) in [6, 6.07) is 0. The topological polar surface area (TPSA) is 148 Å². The van der Waals surface area contributed by atoms with Crippen LogP contribution in [0, 0.1) is 0 Å². The van der Waals surface area contributed by atoms with Gasteiger partial charge in [0, 0.05) is 6.61 Å². The molecule has 0 radical (unpaired) electrons. The van der Waals surface area contributed by atoms with Crippen LogP contribution < -0.4 is 0 Å². The van der Waals surface area contributed by atoms with Crippen molar-refractivity contribution in [3.63, 3.8) is 0 Å². The Morgan fingerprint density at radius 3 is 1.54 bits per heavy atom. The van der Waals surface area contributed by atoms with Crippen LogP contribution in [0.25, 0.3) is 0 Å². The molecule has 0 aliphatic carbocycles. The van der Waals surface area contributed by atoms with Gasteiger partial charge in [-0.15, -0.1) is 0 Å². The highest BCUT2D eigenvalue weighted by atomic mass is 17.1. The second kappa shape index (κ2) is 16.4. The molecule has 156 valence electrons. The number of hydrogen-bond donors (Lipinski definition) is 6. The normalized spacial score (nSPS) is 16.1. The van der Waals surface area contributed by atoms with Crippen molar-refractivity contribution < 1.29 is 40.5 Å². The minimum absolute atomic E-state index is 0.240. The number of carbonyl (C=O) groups excluding carboxylic acids is 1. The molecule has 0 bridgehead atoms. The number of hydrogen-bond acceptors (Lipinski definition) is 8. The highest BCUT2D eigenvalue weighted by Gasteiger charge is 2.35. The molecule has 4 unspecified atom stereocenters. The summed E-state index contributed by atoms with van der Waals surface area (Å²) in [5.41, 5.74) is 0. The highest BCUT2D eigenvalue weighted by Crippen LogP contribution is 2.15. The summed E-state index contributed by atoms with van der Waals surface area (Å²) < 4.78 is 0. The Hall–Kier alpha value is -0.770. The van der Waals surface area contributed by atoms with Gasteiger partial charge in [0.15, 0.2) is 6.10 Å². The zero-order valence-electron chi connectivity index (χ0n) is 15.5. The van der Waals surface area contributed by atoms with Crippen LogP contribution in [0.4, 0.5) is 0 Å². The summed E-state index contributed by atoms with van der Waals surface area (Å²) in [6.45, 7) is 0.278. The van der Waals surface area contributed by atoms with Gasteiger partial charge in [0.2, 0.25) is 0 Å². The maximum absolute atomic E-state index is 10.9. The summed E-state index contributed by atoms with van der Waals surface area (Å²) in [5.74, 6) is -1.49. The van der Waals surface area contributed by atoms with Crippen LogP contribution in [-0.4, -0.2) is 67.8 Å². The van der Waals surface area contributed by atoms with E-state index in [1.165, 1.54) is 32.1 Å². The lowest BCUT2D eigenvalue weighted by Gasteiger charge is -2.24. The highest BCUT2D eigenvalue weighted by molar-refractivity contribution is 5.74. The zero-order chi connectivity index (χ0) is 19.8. The lowest BCUT2D eigenvalue weighted by atomic mass is 9.98. The van der Waals surface area contributed by atoms with Crippen LogP contribution in [0.15, 0.2) is 0 Å². The van der Waals surface area contributed by atoms with E-state index >= 15 is 0 Å². The van der Waals surface area contributed by atoms with Crippen LogP contribution in [0.1, 0.15) is 77.0 Å². The molecular formula is C18H36O8. The van der Waals surface area contributed by atoms with Gasteiger partial charge in [-0.05, 0) is 12.8 Å². The molecule has 26 heavy (non-hydrogen) atoms. The summed E-state index contributed by atoms with van der Waals surface area (Å²) in [5, 5.41) is 55.2. The lowest BCUT2D eigenvalue weighted by Crippen LogP contribution is -2.47. The zero-order valence-corrected chi connectivity index (χ0v) is 15.5. The van der Waals surface area contributed by atoms with E-state index in [0.29, 0.717) is 6.42 Å². The predicted molar refractivity (Wildman–Crippen MR) is 95.2 cm³/mol. The molecule has 0 saturated carbocycles. The van der Waals surface area contributed by atoms with Crippen molar-refractivity contribution in [1.29, 1.82) is 0 Å². The molecular weight excluding hydrogens is 344 g/mol. The molecule has 0 fully saturated rings. The molecule has 0 saturated heterocycles. The van der Waals surface area contributed by atoms with E-state index in [1.807, 2.05) is 0 Å². The third-order valence-electron chi connectivity index (χ3n) is 4.56. The van der Waals surface area contributed by atoms with Crippen molar-refractivity contribution in [1.82, 2.24) is 0 Å². The third kappa shape index (κ3) is 11.8. The predicted octanol–water partition coefficient (Wildman–Crippen LogP) is 1.12. The minimum Gasteiger partial charge on any atom is -0.396 e. The molecule has 6 N–H and O–H groups in total. The van der Waals surface area contributed by atoms with Gasteiger partial charge in [-0.25, -0.2) is 4.79 Å². The van der Waals surface area contributed by atoms with E-state index in [2.05, 4.69) is 4.89 Å². The third-order valence-corrected chi connectivity index (χ3v) is 4.56. The fraction of sp³-hybridized carbons (Fsp3) is 0.944. The van der Waals surface area contributed by atoms with Crippen LogP contribution in [-0.2, 0) is 9.68 Å². The molecule has 0 amide bonds. The summed E-state index contributed by atoms with van der Waals surface area (Å²) in [7, 11) is 0. The summed E-state index contributed by atoms with van der Waals surface area (Å²) >= 11 is 0. The first kappa shape index (κ1) is 25.2. The minimum atomic E-state index is -2.12. The molecule has 8 nitrogen and oxygen atoms in total. The molecule has 0 spiro atoms. The van der Waals surface area contributed by atoms with E-state index in [9.17, 15) is 25.2 Å². The van der Waals surface area contributed by atoms with Crippen LogP contribution in [0.5, 0.6) is 0 Å². The van der Waals surface area contributed by atoms with Gasteiger partial charge < -0.3 is 25.5 Å². The van der Waals surface area contributed by atoms with Crippen molar-refractivity contribution in [3.05, 3.63) is 0 Å². The van der Waals surface area contributed by atoms with Crippen molar-refractivity contribution in [2.75, 3.05) is 6.61 Å². The SMILES string of the molecule is O=C(OO)C(O)C(O)C(O)C(O)CCCCCCCCCCCCCO. The molecule has 0 aliphatic heterocycles. The fourth-order valence-corrected chi connectivity index (χ4v) is 2.83. The average molecular weight is 380 g/mol. The fourth-order valence-electron chi connectivity index (χ4n) is 2.83. The molecule has 0 rings (SSSR count). The molecule has 8 heteroatoms. The lowest BCUT2D eigenvalue weighted by molar-refractivity contribution is -0.249. The van der Waals surface area contributed by atoms with Crippen molar-refractivity contribution in [2.24, 2.45) is 0 Å². The van der Waals surface area contributed by atoms with E-state index < -0.39 is 30.4 Å². The Morgan fingerprint density at radius 1 is 0.692 bits per heavy atom. The van der Waals surface area contributed by atoms with Gasteiger partial charge in [-0.1, -0.05) is 64.2 Å². The van der Waals surface area contributed by atoms with Gasteiger partial charge in [-0.2, -0.15) is 5.26 Å². The first-order valence-electron chi connectivity index (χ1n) is 9.64. The monoisotopic (exact) mass is 380 g/mol. The molecule has 0 heterocycles. The number of aliphatic hydroxyl groups excluding tert-OH is 5. The Kier molecular flexibility index (Phi) is 15.9. The van der Waals surface area contributed by atoms with E-state index in [-0.39, 0.29) is 13.0 Å². The molecule has 0 aromatic rings. The molecule has 0 aromatic carbocycles. The van der Waals surface area contributed by atoms with Gasteiger partial charge >= 0.3 is 5.97 Å². The Labute approximate surface area is 155 Å². The standard InChI is InChI=1S/C18H36O8/c19-13-11-9-7-5-3-1-2-4-6-8-10-12-14(20)15(21)16(22)17(23)18(24)26-25/h14-17,19-23,25H,1-13H2. The number of carbonyl (C=O) groups is 1. The van der Waals surface area contributed by atoms with E-state index in [0.717, 1.165) is 32.1 Å². The van der Waals surface area contributed by atoms with Gasteiger partial charge in [0.25, 0.3) is 0 Å². The molecule has 0 aliphatic rings. The van der Waals surface area contributed by atoms with E-state index in [1.54, 1.807) is 0 Å². The Bertz CT molecular complexity index is 339. The quantitative estimate of drug-likeness (QED) is 0.125. The van der Waals surface area contributed by atoms with Crippen LogP contribution in [0.3, 0.4) is 0 Å². The summed E-state index contributed by atoms with van der Waals surface area (Å²) in [4.78, 5) is 14.2. The van der Waals surface area contributed by atoms with E-state index in [4.69, 9.17) is 10.4 Å². The smallest absolute Gasteiger partial charge is 0.373 e. The van der Waals surface area contributed by atoms with Gasteiger partial charge in [0.1, 0.15) is 12.2 Å². The maximum atomic E-state index is 10.9. The second-order valence-electron chi connectivity index (χ2n) is 6.81. The maximum Gasteiger partial charge on any atom is 0.373 e. The Balaban J connectivity index is 3.61. The number of aliphatic hydroxyl groups is 5. The van der Waals surface area contributed by atoms with Crippen LogP contribution in [0.2, 0.25) is 0 Å². The second-order valence-corrected chi connectivity index (χ2v) is 6.81. The molecule has 4 atom stereocenters. The van der Waals surface area contributed by atoms with Crippen molar-refractivity contribution in [3.8, 4) is 0 Å². The van der Waals surface area contributed by atoms with Crippen molar-refractivity contribution in [2.45, 2.75) is 101 Å². The average Bonchev–Trinajstić information content (AvgIpc) is 2.66. The van der Waals surface area contributed by atoms with Gasteiger partial charge in [0.05, 0.1) is 6.10 Å². The largest absolute Gasteiger partial charge is 0.396 e. The molecule has 0 aromatic heterocycles. The first-order valence-corrected chi connectivity index (χ1v) is 9.64. The van der Waals surface area contributed by atoms with Crippen molar-refractivity contribution >= 4 is 5.97 Å². The number of rotatable bonds is 17. The van der Waals surface area contributed by atoms with Crippen LogP contribution >= 0.6 is 0 Å². The first-order chi connectivity index (χ1) is 12.5. The van der Waals surface area contributed by atoms with Gasteiger partial charge in [-0.3, -0.25) is 4.89 Å².